The Morgan fingerprint density at radius 1 is 1.14 bits per heavy atom. The van der Waals surface area contributed by atoms with Gasteiger partial charge in [-0.1, -0.05) is 11.6 Å². The molecule has 0 aromatic heterocycles. The number of anilines is 2. The van der Waals surface area contributed by atoms with Crippen molar-refractivity contribution in [1.82, 2.24) is 0 Å². The molecule has 0 aliphatic heterocycles. The SMILES string of the molecule is COc1ccc(NC(=O)c2ccc(N)cc2Cl)c(OC)c1. The van der Waals surface area contributed by atoms with Gasteiger partial charge in [0, 0.05) is 11.8 Å². The van der Waals surface area contributed by atoms with Crippen LogP contribution in [0.5, 0.6) is 11.5 Å². The van der Waals surface area contributed by atoms with Crippen LogP contribution in [-0.2, 0) is 0 Å². The van der Waals surface area contributed by atoms with E-state index >= 15 is 0 Å². The van der Waals surface area contributed by atoms with Crippen molar-refractivity contribution in [3.05, 3.63) is 47.0 Å². The molecule has 2 aromatic rings. The molecule has 0 saturated carbocycles. The van der Waals surface area contributed by atoms with Gasteiger partial charge in [-0.05, 0) is 30.3 Å². The lowest BCUT2D eigenvalue weighted by Gasteiger charge is -2.12. The Morgan fingerprint density at radius 3 is 2.52 bits per heavy atom. The average Bonchev–Trinajstić information content (AvgIpc) is 2.47. The van der Waals surface area contributed by atoms with E-state index < -0.39 is 0 Å². The zero-order chi connectivity index (χ0) is 15.4. The molecule has 0 heterocycles. The predicted octanol–water partition coefficient (Wildman–Crippen LogP) is 3.19. The summed E-state index contributed by atoms with van der Waals surface area (Å²) in [6.45, 7) is 0. The first kappa shape index (κ1) is 15.0. The van der Waals surface area contributed by atoms with Gasteiger partial charge in [-0.15, -0.1) is 0 Å². The molecule has 0 spiro atoms. The van der Waals surface area contributed by atoms with Gasteiger partial charge in [-0.25, -0.2) is 0 Å². The molecule has 1 amide bonds. The molecule has 2 aromatic carbocycles. The molecule has 6 heteroatoms. The fourth-order valence-corrected chi connectivity index (χ4v) is 2.08. The summed E-state index contributed by atoms with van der Waals surface area (Å²) in [4.78, 5) is 12.2. The van der Waals surface area contributed by atoms with Gasteiger partial charge in [0.25, 0.3) is 5.91 Å². The van der Waals surface area contributed by atoms with Crippen LogP contribution in [0.3, 0.4) is 0 Å². The molecule has 5 nitrogen and oxygen atoms in total. The van der Waals surface area contributed by atoms with Crippen LogP contribution >= 0.6 is 11.6 Å². The van der Waals surface area contributed by atoms with E-state index in [-0.39, 0.29) is 5.91 Å². The fourth-order valence-electron chi connectivity index (χ4n) is 1.81. The second kappa shape index (κ2) is 6.37. The first-order valence-corrected chi connectivity index (χ1v) is 6.51. The zero-order valence-electron chi connectivity index (χ0n) is 11.6. The highest BCUT2D eigenvalue weighted by Crippen LogP contribution is 2.30. The van der Waals surface area contributed by atoms with Crippen LogP contribution in [0.15, 0.2) is 36.4 Å². The first-order valence-electron chi connectivity index (χ1n) is 6.13. The van der Waals surface area contributed by atoms with Crippen molar-refractivity contribution in [3.8, 4) is 11.5 Å². The van der Waals surface area contributed by atoms with E-state index in [1.165, 1.54) is 13.2 Å². The van der Waals surface area contributed by atoms with E-state index in [0.29, 0.717) is 33.5 Å². The summed E-state index contributed by atoms with van der Waals surface area (Å²) in [6.07, 6.45) is 0. The van der Waals surface area contributed by atoms with Crippen molar-refractivity contribution in [1.29, 1.82) is 0 Å². The standard InChI is InChI=1S/C15H15ClN2O3/c1-20-10-4-6-13(14(8-10)21-2)18-15(19)11-5-3-9(17)7-12(11)16/h3-8H,17H2,1-2H3,(H,18,19). The number of nitrogen functional groups attached to an aromatic ring is 1. The van der Waals surface area contributed by atoms with E-state index in [1.54, 1.807) is 37.4 Å². The van der Waals surface area contributed by atoms with E-state index in [1.807, 2.05) is 0 Å². The Morgan fingerprint density at radius 2 is 1.90 bits per heavy atom. The smallest absolute Gasteiger partial charge is 0.257 e. The highest BCUT2D eigenvalue weighted by molar-refractivity contribution is 6.34. The average molecular weight is 307 g/mol. The summed E-state index contributed by atoms with van der Waals surface area (Å²) in [7, 11) is 3.07. The van der Waals surface area contributed by atoms with Crippen LogP contribution in [0.2, 0.25) is 5.02 Å². The van der Waals surface area contributed by atoms with Gasteiger partial charge in [0.15, 0.2) is 0 Å². The van der Waals surface area contributed by atoms with Crippen molar-refractivity contribution < 1.29 is 14.3 Å². The minimum atomic E-state index is -0.344. The zero-order valence-corrected chi connectivity index (χ0v) is 12.4. The molecular weight excluding hydrogens is 292 g/mol. The molecule has 0 bridgehead atoms. The summed E-state index contributed by atoms with van der Waals surface area (Å²) in [6, 6.07) is 9.82. The third kappa shape index (κ3) is 3.38. The van der Waals surface area contributed by atoms with Crippen LogP contribution in [0.1, 0.15) is 10.4 Å². The summed E-state index contributed by atoms with van der Waals surface area (Å²) in [5.74, 6) is 0.785. The van der Waals surface area contributed by atoms with Crippen LogP contribution < -0.4 is 20.5 Å². The highest BCUT2D eigenvalue weighted by atomic mass is 35.5. The monoisotopic (exact) mass is 306 g/mol. The maximum Gasteiger partial charge on any atom is 0.257 e. The van der Waals surface area contributed by atoms with Crippen LogP contribution in [0, 0.1) is 0 Å². The van der Waals surface area contributed by atoms with E-state index in [4.69, 9.17) is 26.8 Å². The first-order chi connectivity index (χ1) is 10.0. The second-order valence-electron chi connectivity index (χ2n) is 4.26. The second-order valence-corrected chi connectivity index (χ2v) is 4.67. The molecular formula is C15H15ClN2O3. The third-order valence-electron chi connectivity index (χ3n) is 2.89. The fraction of sp³-hybridized carbons (Fsp3) is 0.133. The maximum atomic E-state index is 12.2. The number of ether oxygens (including phenoxy) is 2. The lowest BCUT2D eigenvalue weighted by atomic mass is 10.2. The molecule has 3 N–H and O–H groups in total. The maximum absolute atomic E-state index is 12.2. The number of amides is 1. The normalized spacial score (nSPS) is 10.0. The number of carbonyl (C=O) groups is 1. The molecule has 0 saturated heterocycles. The van der Waals surface area contributed by atoms with Crippen molar-refractivity contribution >= 4 is 28.9 Å². The summed E-state index contributed by atoms with van der Waals surface area (Å²) in [5.41, 5.74) is 6.97. The minimum Gasteiger partial charge on any atom is -0.497 e. The van der Waals surface area contributed by atoms with Gasteiger partial charge in [-0.2, -0.15) is 0 Å². The number of halogens is 1. The van der Waals surface area contributed by atoms with Crippen molar-refractivity contribution in [3.63, 3.8) is 0 Å². The molecule has 0 aliphatic carbocycles. The largest absolute Gasteiger partial charge is 0.497 e. The lowest BCUT2D eigenvalue weighted by Crippen LogP contribution is -2.13. The number of nitrogens with one attached hydrogen (secondary N) is 1. The number of carbonyl (C=O) groups excluding carboxylic acids is 1. The Balaban J connectivity index is 2.27. The number of benzene rings is 2. The van der Waals surface area contributed by atoms with Gasteiger partial charge in [0.2, 0.25) is 0 Å². The topological polar surface area (TPSA) is 73.6 Å². The van der Waals surface area contributed by atoms with Crippen molar-refractivity contribution in [2.75, 3.05) is 25.3 Å². The van der Waals surface area contributed by atoms with Gasteiger partial charge in [-0.3, -0.25) is 4.79 Å². The van der Waals surface area contributed by atoms with Crippen molar-refractivity contribution in [2.45, 2.75) is 0 Å². The van der Waals surface area contributed by atoms with Gasteiger partial charge < -0.3 is 20.5 Å². The van der Waals surface area contributed by atoms with E-state index in [2.05, 4.69) is 5.32 Å². The van der Waals surface area contributed by atoms with Crippen LogP contribution in [0.25, 0.3) is 0 Å². The summed E-state index contributed by atoms with van der Waals surface area (Å²) < 4.78 is 10.3. The molecule has 0 aliphatic rings. The molecule has 21 heavy (non-hydrogen) atoms. The number of methoxy groups -OCH3 is 2. The van der Waals surface area contributed by atoms with Gasteiger partial charge >= 0.3 is 0 Å². The molecule has 0 unspecified atom stereocenters. The number of hydrogen-bond acceptors (Lipinski definition) is 4. The van der Waals surface area contributed by atoms with Crippen LogP contribution in [-0.4, -0.2) is 20.1 Å². The molecule has 0 radical (unpaired) electrons. The predicted molar refractivity (Wildman–Crippen MR) is 83.4 cm³/mol. The molecule has 110 valence electrons. The quantitative estimate of drug-likeness (QED) is 0.851. The van der Waals surface area contributed by atoms with Crippen LogP contribution in [0.4, 0.5) is 11.4 Å². The number of hydrogen-bond donors (Lipinski definition) is 2. The van der Waals surface area contributed by atoms with Gasteiger partial charge in [0.1, 0.15) is 11.5 Å². The number of rotatable bonds is 4. The number of nitrogens with two attached hydrogens (primary N) is 1. The Hall–Kier alpha value is -2.40. The minimum absolute atomic E-state index is 0.292. The third-order valence-corrected chi connectivity index (χ3v) is 3.21. The van der Waals surface area contributed by atoms with E-state index in [0.717, 1.165) is 0 Å². The van der Waals surface area contributed by atoms with Gasteiger partial charge in [0.05, 0.1) is 30.5 Å². The Labute approximate surface area is 127 Å². The van der Waals surface area contributed by atoms with Crippen molar-refractivity contribution in [2.24, 2.45) is 0 Å². The van der Waals surface area contributed by atoms with E-state index in [9.17, 15) is 4.79 Å². The highest BCUT2D eigenvalue weighted by Gasteiger charge is 2.13. The Bertz CT molecular complexity index is 674. The molecule has 0 fully saturated rings. The Kier molecular flexibility index (Phi) is 4.55. The summed E-state index contributed by atoms with van der Waals surface area (Å²) in [5, 5.41) is 3.04. The molecule has 2 rings (SSSR count). The lowest BCUT2D eigenvalue weighted by molar-refractivity contribution is 0.102. The summed E-state index contributed by atoms with van der Waals surface area (Å²) >= 11 is 6.02. The molecule has 0 atom stereocenters.